The van der Waals surface area contributed by atoms with Gasteiger partial charge in [-0.15, -0.1) is 11.3 Å². The van der Waals surface area contributed by atoms with Crippen LogP contribution >= 0.6 is 11.3 Å². The normalized spacial score (nSPS) is 20.6. The average Bonchev–Trinajstić information content (AvgIpc) is 2.60. The monoisotopic (exact) mass is 262 g/mol. The predicted molar refractivity (Wildman–Crippen MR) is 62.7 cm³/mol. The molecule has 7 heteroatoms. The van der Waals surface area contributed by atoms with Crippen LogP contribution in [0.3, 0.4) is 0 Å². The highest BCUT2D eigenvalue weighted by atomic mass is 32.2. The molecule has 2 heterocycles. The van der Waals surface area contributed by atoms with E-state index in [0.29, 0.717) is 12.1 Å². The summed E-state index contributed by atoms with van der Waals surface area (Å²) in [6.45, 7) is 2.18. The number of β-amino-alcohol motifs (C(OH)–C–C–N with tert-alkyl or cyclic N) is 1. The quantitative estimate of drug-likeness (QED) is 0.829. The van der Waals surface area contributed by atoms with E-state index < -0.39 is 15.6 Å². The minimum atomic E-state index is -3.45. The third-order valence-corrected chi connectivity index (χ3v) is 6.01. The Kier molecular flexibility index (Phi) is 2.73. The van der Waals surface area contributed by atoms with Crippen molar-refractivity contribution in [2.45, 2.75) is 23.2 Å². The van der Waals surface area contributed by atoms with Gasteiger partial charge in [0.25, 0.3) is 10.0 Å². The highest BCUT2D eigenvalue weighted by Crippen LogP contribution is 2.32. The van der Waals surface area contributed by atoms with Gasteiger partial charge in [-0.1, -0.05) is 6.92 Å². The molecule has 1 aromatic rings. The van der Waals surface area contributed by atoms with Crippen LogP contribution in [0.15, 0.2) is 15.7 Å². The topological polar surface area (TPSA) is 83.6 Å². The molecule has 5 nitrogen and oxygen atoms in total. The van der Waals surface area contributed by atoms with Crippen LogP contribution in [0.5, 0.6) is 0 Å². The lowest BCUT2D eigenvalue weighted by molar-refractivity contribution is -0.0612. The fourth-order valence-electron chi connectivity index (χ4n) is 1.60. The van der Waals surface area contributed by atoms with Gasteiger partial charge in [-0.05, 0) is 12.5 Å². The Balaban J connectivity index is 2.17. The average molecular weight is 262 g/mol. The van der Waals surface area contributed by atoms with E-state index in [-0.39, 0.29) is 17.3 Å². The van der Waals surface area contributed by atoms with Gasteiger partial charge in [0.15, 0.2) is 0 Å². The Hall–Kier alpha value is -0.630. The fourth-order valence-corrected chi connectivity index (χ4v) is 4.43. The number of hydrogen-bond donors (Lipinski definition) is 2. The van der Waals surface area contributed by atoms with Gasteiger partial charge in [-0.3, -0.25) is 0 Å². The Bertz CT molecular complexity index is 489. The predicted octanol–water partition coefficient (Wildman–Crippen LogP) is 0.476. The zero-order chi connectivity index (χ0) is 12.0. The second-order valence-corrected chi connectivity index (χ2v) is 7.13. The van der Waals surface area contributed by atoms with Crippen LogP contribution in [0, 0.1) is 0 Å². The van der Waals surface area contributed by atoms with E-state index in [1.165, 1.54) is 10.4 Å². The third kappa shape index (κ3) is 1.84. The van der Waals surface area contributed by atoms with Gasteiger partial charge >= 0.3 is 0 Å². The van der Waals surface area contributed by atoms with Crippen LogP contribution < -0.4 is 5.73 Å². The molecule has 0 aliphatic carbocycles. The molecule has 2 rings (SSSR count). The lowest BCUT2D eigenvalue weighted by Crippen LogP contribution is -2.62. The van der Waals surface area contributed by atoms with Crippen molar-refractivity contribution in [1.82, 2.24) is 4.31 Å². The molecule has 3 N–H and O–H groups in total. The smallest absolute Gasteiger partial charge is 0.252 e. The first-order chi connectivity index (χ1) is 7.37. The highest BCUT2D eigenvalue weighted by Gasteiger charge is 2.46. The summed E-state index contributed by atoms with van der Waals surface area (Å²) >= 11 is 1.11. The SMILES string of the molecule is CCC1(O)CN(S(=O)(=O)c2cc(N)cs2)C1. The second-order valence-electron chi connectivity index (χ2n) is 4.05. The zero-order valence-electron chi connectivity index (χ0n) is 8.88. The molecule has 0 spiro atoms. The molecule has 16 heavy (non-hydrogen) atoms. The summed E-state index contributed by atoms with van der Waals surface area (Å²) in [5, 5.41) is 11.4. The Morgan fingerprint density at radius 2 is 2.25 bits per heavy atom. The summed E-state index contributed by atoms with van der Waals surface area (Å²) in [4.78, 5) is 0. The highest BCUT2D eigenvalue weighted by molar-refractivity contribution is 7.91. The van der Waals surface area contributed by atoms with Crippen LogP contribution in [0.25, 0.3) is 0 Å². The van der Waals surface area contributed by atoms with E-state index in [2.05, 4.69) is 0 Å². The van der Waals surface area contributed by atoms with Crippen molar-refractivity contribution in [2.24, 2.45) is 0 Å². The molecule has 1 saturated heterocycles. The number of aliphatic hydroxyl groups is 1. The van der Waals surface area contributed by atoms with Crippen molar-refractivity contribution >= 4 is 27.0 Å². The number of nitrogens with two attached hydrogens (primary N) is 1. The van der Waals surface area contributed by atoms with E-state index >= 15 is 0 Å². The molecule has 1 aliphatic heterocycles. The minimum Gasteiger partial charge on any atom is -0.398 e. The molecule has 1 aromatic heterocycles. The molecule has 1 fully saturated rings. The van der Waals surface area contributed by atoms with Gasteiger partial charge in [0, 0.05) is 24.2 Å². The summed E-state index contributed by atoms with van der Waals surface area (Å²) < 4.78 is 25.5. The third-order valence-electron chi connectivity index (χ3n) is 2.79. The number of thiophene rings is 1. The summed E-state index contributed by atoms with van der Waals surface area (Å²) in [5.41, 5.74) is 5.09. The standard InChI is InChI=1S/C9H14N2O3S2/c1-2-9(12)5-11(6-9)16(13,14)8-3-7(10)4-15-8/h3-4,12H,2,5-6,10H2,1H3. The van der Waals surface area contributed by atoms with E-state index in [0.717, 1.165) is 11.3 Å². The lowest BCUT2D eigenvalue weighted by atomic mass is 9.94. The van der Waals surface area contributed by atoms with Crippen LogP contribution in [-0.2, 0) is 10.0 Å². The zero-order valence-corrected chi connectivity index (χ0v) is 10.5. The first-order valence-electron chi connectivity index (χ1n) is 4.94. The molecule has 0 atom stereocenters. The molecule has 0 radical (unpaired) electrons. The fraction of sp³-hybridized carbons (Fsp3) is 0.556. The Morgan fingerprint density at radius 3 is 2.69 bits per heavy atom. The number of sulfonamides is 1. The summed E-state index contributed by atoms with van der Waals surface area (Å²) in [5.74, 6) is 0. The molecular weight excluding hydrogens is 248 g/mol. The molecule has 1 aliphatic rings. The number of anilines is 1. The van der Waals surface area contributed by atoms with Crippen molar-refractivity contribution in [3.8, 4) is 0 Å². The van der Waals surface area contributed by atoms with Gasteiger partial charge in [0.05, 0.1) is 5.60 Å². The van der Waals surface area contributed by atoms with Crippen molar-refractivity contribution in [3.63, 3.8) is 0 Å². The van der Waals surface area contributed by atoms with Gasteiger partial charge < -0.3 is 10.8 Å². The van der Waals surface area contributed by atoms with E-state index in [4.69, 9.17) is 5.73 Å². The molecular formula is C9H14N2O3S2. The van der Waals surface area contributed by atoms with Gasteiger partial charge in [0.2, 0.25) is 0 Å². The summed E-state index contributed by atoms with van der Waals surface area (Å²) in [7, 11) is -3.45. The molecule has 0 unspecified atom stereocenters. The molecule has 90 valence electrons. The largest absolute Gasteiger partial charge is 0.398 e. The maximum Gasteiger partial charge on any atom is 0.252 e. The molecule has 0 saturated carbocycles. The first-order valence-corrected chi connectivity index (χ1v) is 7.26. The minimum absolute atomic E-state index is 0.170. The number of nitrogens with zero attached hydrogens (tertiary/aromatic N) is 1. The van der Waals surface area contributed by atoms with Crippen LogP contribution in [-0.4, -0.2) is 36.5 Å². The number of hydrogen-bond acceptors (Lipinski definition) is 5. The number of rotatable bonds is 3. The van der Waals surface area contributed by atoms with Crippen molar-refractivity contribution < 1.29 is 13.5 Å². The van der Waals surface area contributed by atoms with Gasteiger partial charge in [-0.25, -0.2) is 8.42 Å². The van der Waals surface area contributed by atoms with Crippen molar-refractivity contribution in [1.29, 1.82) is 0 Å². The van der Waals surface area contributed by atoms with Gasteiger partial charge in [0.1, 0.15) is 4.21 Å². The van der Waals surface area contributed by atoms with Gasteiger partial charge in [-0.2, -0.15) is 4.31 Å². The summed E-state index contributed by atoms with van der Waals surface area (Å²) in [6.07, 6.45) is 0.561. The Morgan fingerprint density at radius 1 is 1.62 bits per heavy atom. The first kappa shape index (κ1) is 11.8. The molecule has 0 amide bonds. The second kappa shape index (κ2) is 3.69. The van der Waals surface area contributed by atoms with Crippen molar-refractivity contribution in [3.05, 3.63) is 11.4 Å². The van der Waals surface area contributed by atoms with Crippen LogP contribution in [0.1, 0.15) is 13.3 Å². The maximum atomic E-state index is 12.0. The Labute approximate surface area is 98.5 Å². The molecule has 0 bridgehead atoms. The number of nitrogen functional groups attached to an aromatic ring is 1. The maximum absolute atomic E-state index is 12.0. The van der Waals surface area contributed by atoms with E-state index in [1.807, 2.05) is 6.92 Å². The van der Waals surface area contributed by atoms with Crippen LogP contribution in [0.4, 0.5) is 5.69 Å². The summed E-state index contributed by atoms with van der Waals surface area (Å²) in [6, 6.07) is 1.45. The van der Waals surface area contributed by atoms with Crippen LogP contribution in [0.2, 0.25) is 0 Å². The van der Waals surface area contributed by atoms with E-state index in [1.54, 1.807) is 5.38 Å². The van der Waals surface area contributed by atoms with E-state index in [9.17, 15) is 13.5 Å². The molecule has 0 aromatic carbocycles. The van der Waals surface area contributed by atoms with Crippen molar-refractivity contribution in [2.75, 3.05) is 18.8 Å². The lowest BCUT2D eigenvalue weighted by Gasteiger charge is -2.44.